The summed E-state index contributed by atoms with van der Waals surface area (Å²) in [4.78, 5) is 12.9. The molecule has 3 aromatic heterocycles. The van der Waals surface area contributed by atoms with Crippen molar-refractivity contribution in [1.29, 1.82) is 0 Å². The van der Waals surface area contributed by atoms with E-state index in [0.29, 0.717) is 0 Å². The molecule has 0 aliphatic rings. The Morgan fingerprint density at radius 2 is 2.24 bits per heavy atom. The van der Waals surface area contributed by atoms with Gasteiger partial charge in [0.15, 0.2) is 5.76 Å². The summed E-state index contributed by atoms with van der Waals surface area (Å²) in [6.07, 6.45) is 3.11. The fourth-order valence-corrected chi connectivity index (χ4v) is 2.20. The molecule has 0 bridgehead atoms. The molecule has 5 heteroatoms. The second-order valence-electron chi connectivity index (χ2n) is 3.41. The van der Waals surface area contributed by atoms with Gasteiger partial charge in [0, 0.05) is 6.20 Å². The van der Waals surface area contributed by atoms with Gasteiger partial charge >= 0.3 is 5.91 Å². The third kappa shape index (κ3) is 1.81. The predicted octanol–water partition coefficient (Wildman–Crippen LogP) is 2.89. The number of carbonyl (C=O) groups is 1. The standard InChI is InChI=1S/C12H8N2O2S/c15-12(10-3-1-7-16-10)14-6-5-9(13-14)11-4-2-8-17-11/h1-8H. The van der Waals surface area contributed by atoms with Crippen molar-refractivity contribution in [3.63, 3.8) is 0 Å². The van der Waals surface area contributed by atoms with Crippen LogP contribution in [0, 0.1) is 0 Å². The van der Waals surface area contributed by atoms with Crippen molar-refractivity contribution >= 4 is 17.2 Å². The van der Waals surface area contributed by atoms with Gasteiger partial charge in [-0.05, 0) is 29.6 Å². The monoisotopic (exact) mass is 244 g/mol. The van der Waals surface area contributed by atoms with Crippen LogP contribution in [0.4, 0.5) is 0 Å². The van der Waals surface area contributed by atoms with Gasteiger partial charge in [0.05, 0.1) is 11.1 Å². The summed E-state index contributed by atoms with van der Waals surface area (Å²) >= 11 is 1.59. The van der Waals surface area contributed by atoms with Crippen LogP contribution in [0.25, 0.3) is 10.6 Å². The Kier molecular flexibility index (Phi) is 2.38. The highest BCUT2D eigenvalue weighted by atomic mass is 32.1. The number of aromatic nitrogens is 2. The number of nitrogens with zero attached hydrogens (tertiary/aromatic N) is 2. The molecule has 0 aromatic carbocycles. The minimum Gasteiger partial charge on any atom is -0.459 e. The average Bonchev–Trinajstić information content (AvgIpc) is 3.09. The van der Waals surface area contributed by atoms with Crippen molar-refractivity contribution in [2.24, 2.45) is 0 Å². The molecule has 3 rings (SSSR count). The number of rotatable bonds is 2. The van der Waals surface area contributed by atoms with Crippen LogP contribution in [-0.4, -0.2) is 15.7 Å². The van der Waals surface area contributed by atoms with Crippen LogP contribution in [0.15, 0.2) is 52.6 Å². The molecule has 0 aliphatic heterocycles. The summed E-state index contributed by atoms with van der Waals surface area (Å²) in [5.41, 5.74) is 0.792. The molecule has 0 N–H and O–H groups in total. The van der Waals surface area contributed by atoms with E-state index in [0.717, 1.165) is 10.6 Å². The molecule has 0 amide bonds. The summed E-state index contributed by atoms with van der Waals surface area (Å²) in [5, 5.41) is 6.20. The van der Waals surface area contributed by atoms with Crippen molar-refractivity contribution < 1.29 is 9.21 Å². The first-order valence-corrected chi connectivity index (χ1v) is 5.90. The number of carbonyl (C=O) groups excluding carboxylic acids is 1. The lowest BCUT2D eigenvalue weighted by Crippen LogP contribution is -2.11. The first-order chi connectivity index (χ1) is 8.34. The quantitative estimate of drug-likeness (QED) is 0.696. The van der Waals surface area contributed by atoms with Crippen molar-refractivity contribution in [2.45, 2.75) is 0 Å². The molecule has 0 saturated carbocycles. The van der Waals surface area contributed by atoms with Crippen LogP contribution in [0.2, 0.25) is 0 Å². The molecule has 0 saturated heterocycles. The van der Waals surface area contributed by atoms with E-state index in [1.807, 2.05) is 23.6 Å². The van der Waals surface area contributed by atoms with Crippen LogP contribution in [-0.2, 0) is 0 Å². The minimum absolute atomic E-state index is 0.266. The Morgan fingerprint density at radius 1 is 1.29 bits per heavy atom. The summed E-state index contributed by atoms with van der Waals surface area (Å²) in [5.74, 6) is 0.0173. The molecule has 4 nitrogen and oxygen atoms in total. The van der Waals surface area contributed by atoms with E-state index in [2.05, 4.69) is 5.10 Å². The lowest BCUT2D eigenvalue weighted by molar-refractivity contribution is 0.0917. The van der Waals surface area contributed by atoms with Gasteiger partial charge in [-0.25, -0.2) is 4.68 Å². The van der Waals surface area contributed by atoms with E-state index in [4.69, 9.17) is 4.42 Å². The molecule has 0 unspecified atom stereocenters. The van der Waals surface area contributed by atoms with Crippen LogP contribution < -0.4 is 0 Å². The third-order valence-corrected chi connectivity index (χ3v) is 3.20. The van der Waals surface area contributed by atoms with Gasteiger partial charge in [-0.2, -0.15) is 5.10 Å². The van der Waals surface area contributed by atoms with Crippen molar-refractivity contribution in [3.05, 3.63) is 53.9 Å². The smallest absolute Gasteiger partial charge is 0.313 e. The van der Waals surface area contributed by atoms with E-state index in [9.17, 15) is 4.79 Å². The van der Waals surface area contributed by atoms with E-state index < -0.39 is 0 Å². The second-order valence-corrected chi connectivity index (χ2v) is 4.35. The zero-order chi connectivity index (χ0) is 11.7. The highest BCUT2D eigenvalue weighted by Gasteiger charge is 2.13. The van der Waals surface area contributed by atoms with Gasteiger partial charge in [-0.1, -0.05) is 6.07 Å². The molecule has 0 spiro atoms. The highest BCUT2D eigenvalue weighted by molar-refractivity contribution is 7.13. The van der Waals surface area contributed by atoms with Crippen LogP contribution in [0.3, 0.4) is 0 Å². The summed E-state index contributed by atoms with van der Waals surface area (Å²) < 4.78 is 6.33. The first kappa shape index (κ1) is 10.0. The molecule has 3 aromatic rings. The van der Waals surface area contributed by atoms with E-state index >= 15 is 0 Å². The first-order valence-electron chi connectivity index (χ1n) is 5.02. The molecular formula is C12H8N2O2S. The molecule has 0 radical (unpaired) electrons. The molecular weight excluding hydrogens is 236 g/mol. The Bertz CT molecular complexity index is 623. The fraction of sp³-hybridized carbons (Fsp3) is 0. The van der Waals surface area contributed by atoms with Crippen molar-refractivity contribution in [3.8, 4) is 10.6 Å². The molecule has 17 heavy (non-hydrogen) atoms. The third-order valence-electron chi connectivity index (χ3n) is 2.30. The number of furan rings is 1. The highest BCUT2D eigenvalue weighted by Crippen LogP contribution is 2.22. The van der Waals surface area contributed by atoms with Crippen LogP contribution in [0.5, 0.6) is 0 Å². The molecule has 0 fully saturated rings. The maximum atomic E-state index is 11.9. The Hall–Kier alpha value is -2.14. The van der Waals surface area contributed by atoms with E-state index in [1.165, 1.54) is 10.9 Å². The van der Waals surface area contributed by atoms with Crippen LogP contribution in [0.1, 0.15) is 10.6 Å². The Labute approximate surface area is 101 Å². The topological polar surface area (TPSA) is 48.0 Å². The zero-order valence-corrected chi connectivity index (χ0v) is 9.55. The van der Waals surface area contributed by atoms with Gasteiger partial charge in [0.1, 0.15) is 5.69 Å². The SMILES string of the molecule is O=C(c1ccco1)n1ccc(-c2cccs2)n1. The minimum atomic E-state index is -0.266. The average molecular weight is 244 g/mol. The summed E-state index contributed by atoms with van der Waals surface area (Å²) in [6, 6.07) is 9.03. The lowest BCUT2D eigenvalue weighted by atomic mass is 10.3. The molecule has 84 valence electrons. The maximum absolute atomic E-state index is 11.9. The van der Waals surface area contributed by atoms with Gasteiger partial charge in [0.2, 0.25) is 0 Å². The fourth-order valence-electron chi connectivity index (χ4n) is 1.51. The zero-order valence-electron chi connectivity index (χ0n) is 8.74. The number of thiophene rings is 1. The Balaban J connectivity index is 1.93. The number of hydrogen-bond acceptors (Lipinski definition) is 4. The van der Waals surface area contributed by atoms with Gasteiger partial charge in [-0.3, -0.25) is 4.79 Å². The maximum Gasteiger partial charge on any atom is 0.313 e. The summed E-state index contributed by atoms with van der Waals surface area (Å²) in [7, 11) is 0. The largest absolute Gasteiger partial charge is 0.459 e. The lowest BCUT2D eigenvalue weighted by Gasteiger charge is -1.95. The van der Waals surface area contributed by atoms with E-state index in [-0.39, 0.29) is 11.7 Å². The van der Waals surface area contributed by atoms with Gasteiger partial charge in [0.25, 0.3) is 0 Å². The molecule has 0 aliphatic carbocycles. The molecule has 0 atom stereocenters. The predicted molar refractivity (Wildman–Crippen MR) is 64.0 cm³/mol. The normalized spacial score (nSPS) is 10.6. The van der Waals surface area contributed by atoms with Gasteiger partial charge < -0.3 is 4.42 Å². The summed E-state index contributed by atoms with van der Waals surface area (Å²) in [6.45, 7) is 0. The number of hydrogen-bond donors (Lipinski definition) is 0. The van der Waals surface area contributed by atoms with Crippen LogP contribution >= 0.6 is 11.3 Å². The molecule has 3 heterocycles. The second kappa shape index (κ2) is 4.03. The van der Waals surface area contributed by atoms with Crippen molar-refractivity contribution in [2.75, 3.05) is 0 Å². The Morgan fingerprint density at radius 3 is 2.94 bits per heavy atom. The van der Waals surface area contributed by atoms with Gasteiger partial charge in [-0.15, -0.1) is 11.3 Å². The van der Waals surface area contributed by atoms with Crippen molar-refractivity contribution in [1.82, 2.24) is 9.78 Å². The van der Waals surface area contributed by atoms with E-state index in [1.54, 1.807) is 29.7 Å².